The highest BCUT2D eigenvalue weighted by atomic mass is 16.3. The van der Waals surface area contributed by atoms with Crippen molar-refractivity contribution in [3.05, 3.63) is 66.7 Å². The summed E-state index contributed by atoms with van der Waals surface area (Å²) in [5, 5.41) is 25.5. The number of hydrogen-bond donors (Lipinski definition) is 3. The van der Waals surface area contributed by atoms with Gasteiger partial charge in [0.1, 0.15) is 0 Å². The molecule has 0 bridgehead atoms. The average molecular weight is 403 g/mol. The third kappa shape index (κ3) is 3.50. The number of carbonyl (C=O) groups excluding carboxylic acids is 1. The van der Waals surface area contributed by atoms with Gasteiger partial charge in [0, 0.05) is 43.3 Å². The maximum absolute atomic E-state index is 12.8. The lowest BCUT2D eigenvalue weighted by Crippen LogP contribution is -2.52. The number of rotatable bonds is 4. The molecule has 9 heteroatoms. The predicted molar refractivity (Wildman–Crippen MR) is 112 cm³/mol. The monoisotopic (exact) mass is 403 g/mol. The van der Waals surface area contributed by atoms with E-state index >= 15 is 0 Å². The Morgan fingerprint density at radius 2 is 2.03 bits per heavy atom. The number of piperidine rings is 1. The number of benzene rings is 1. The Hall–Kier alpha value is -3.72. The molecule has 1 aliphatic heterocycles. The van der Waals surface area contributed by atoms with Crippen molar-refractivity contribution in [2.24, 2.45) is 0 Å². The molecule has 152 valence electrons. The van der Waals surface area contributed by atoms with Crippen molar-refractivity contribution in [1.29, 1.82) is 0 Å². The second-order valence-electron chi connectivity index (χ2n) is 7.42. The molecule has 3 aromatic heterocycles. The van der Waals surface area contributed by atoms with Gasteiger partial charge in [0.15, 0.2) is 5.65 Å². The number of amides is 1. The Morgan fingerprint density at radius 1 is 1.17 bits per heavy atom. The molecule has 30 heavy (non-hydrogen) atoms. The maximum Gasteiger partial charge on any atom is 0.251 e. The van der Waals surface area contributed by atoms with E-state index in [4.69, 9.17) is 0 Å². The number of fused-ring (bicyclic) bond motifs is 1. The minimum Gasteiger partial charge on any atom is -0.391 e. The molecule has 0 spiro atoms. The van der Waals surface area contributed by atoms with Crippen molar-refractivity contribution in [1.82, 2.24) is 30.3 Å². The van der Waals surface area contributed by atoms with Crippen LogP contribution in [0.2, 0.25) is 0 Å². The largest absolute Gasteiger partial charge is 0.391 e. The third-order valence-electron chi connectivity index (χ3n) is 5.33. The van der Waals surface area contributed by atoms with Crippen molar-refractivity contribution in [3.63, 3.8) is 0 Å². The zero-order valence-corrected chi connectivity index (χ0v) is 16.1. The number of β-amino-alcohol motifs (C(OH)–C–C–N with tert-alkyl or cyclic N) is 1. The first-order valence-electron chi connectivity index (χ1n) is 9.79. The fourth-order valence-corrected chi connectivity index (χ4v) is 3.94. The topological polar surface area (TPSA) is 112 Å². The molecule has 3 N–H and O–H groups in total. The number of aromatic amines is 1. The molecule has 0 radical (unpaired) electrons. The zero-order chi connectivity index (χ0) is 20.5. The summed E-state index contributed by atoms with van der Waals surface area (Å²) in [6.45, 7) is 1.09. The summed E-state index contributed by atoms with van der Waals surface area (Å²) in [5.74, 6) is -0.163. The van der Waals surface area contributed by atoms with Gasteiger partial charge in [-0.2, -0.15) is 10.2 Å². The smallest absolute Gasteiger partial charge is 0.251 e. The van der Waals surface area contributed by atoms with E-state index in [2.05, 4.69) is 30.5 Å². The van der Waals surface area contributed by atoms with Gasteiger partial charge >= 0.3 is 0 Å². The van der Waals surface area contributed by atoms with Crippen LogP contribution < -0.4 is 10.2 Å². The zero-order valence-electron chi connectivity index (χ0n) is 16.1. The average Bonchev–Trinajstić information content (AvgIpc) is 3.45. The van der Waals surface area contributed by atoms with Crippen LogP contribution >= 0.6 is 0 Å². The minimum absolute atomic E-state index is 0.163. The van der Waals surface area contributed by atoms with Gasteiger partial charge in [0.05, 0.1) is 29.1 Å². The van der Waals surface area contributed by atoms with Crippen LogP contribution in [0.4, 0.5) is 5.69 Å². The molecule has 0 aliphatic carbocycles. The highest BCUT2D eigenvalue weighted by Crippen LogP contribution is 2.27. The summed E-state index contributed by atoms with van der Waals surface area (Å²) in [6.07, 6.45) is 6.97. The second-order valence-corrected chi connectivity index (χ2v) is 7.42. The van der Waals surface area contributed by atoms with Crippen molar-refractivity contribution < 1.29 is 9.90 Å². The number of carbonyl (C=O) groups is 1. The highest BCUT2D eigenvalue weighted by Gasteiger charge is 2.28. The number of aromatic nitrogens is 5. The van der Waals surface area contributed by atoms with E-state index < -0.39 is 6.10 Å². The van der Waals surface area contributed by atoms with E-state index in [0.29, 0.717) is 30.7 Å². The van der Waals surface area contributed by atoms with Gasteiger partial charge < -0.3 is 15.3 Å². The van der Waals surface area contributed by atoms with Crippen LogP contribution in [0.1, 0.15) is 16.8 Å². The number of aliphatic hydroxyl groups is 1. The van der Waals surface area contributed by atoms with Crippen LogP contribution in [0, 0.1) is 0 Å². The summed E-state index contributed by atoms with van der Waals surface area (Å²) in [7, 11) is 0. The Labute approximate surface area is 172 Å². The van der Waals surface area contributed by atoms with Crippen molar-refractivity contribution in [2.75, 3.05) is 18.0 Å². The third-order valence-corrected chi connectivity index (χ3v) is 5.33. The first-order valence-corrected chi connectivity index (χ1v) is 9.79. The lowest BCUT2D eigenvalue weighted by atomic mass is 10.0. The van der Waals surface area contributed by atoms with Gasteiger partial charge in [-0.3, -0.25) is 9.89 Å². The predicted octanol–water partition coefficient (Wildman–Crippen LogP) is 1.51. The number of anilines is 1. The molecule has 0 saturated carbocycles. The number of nitrogens with zero attached hydrogens (tertiary/aromatic N) is 5. The van der Waals surface area contributed by atoms with Gasteiger partial charge in [0.2, 0.25) is 0 Å². The molecule has 2 atom stereocenters. The maximum atomic E-state index is 12.8. The Morgan fingerprint density at radius 3 is 2.83 bits per heavy atom. The summed E-state index contributed by atoms with van der Waals surface area (Å²) in [5.41, 5.74) is 3.09. The van der Waals surface area contributed by atoms with E-state index in [0.717, 1.165) is 16.8 Å². The lowest BCUT2D eigenvalue weighted by molar-refractivity contribution is 0.0895. The van der Waals surface area contributed by atoms with E-state index in [1.165, 1.54) is 0 Å². The second kappa shape index (κ2) is 7.60. The summed E-state index contributed by atoms with van der Waals surface area (Å²) >= 11 is 0. The Bertz CT molecular complexity index is 1150. The molecule has 4 aromatic rings. The van der Waals surface area contributed by atoms with Crippen molar-refractivity contribution in [2.45, 2.75) is 18.6 Å². The Balaban J connectivity index is 1.30. The van der Waals surface area contributed by atoms with E-state index in [1.807, 2.05) is 30.5 Å². The van der Waals surface area contributed by atoms with Crippen LogP contribution in [0.3, 0.4) is 0 Å². The van der Waals surface area contributed by atoms with E-state index in [-0.39, 0.29) is 11.9 Å². The highest BCUT2D eigenvalue weighted by molar-refractivity contribution is 5.94. The van der Waals surface area contributed by atoms with Crippen LogP contribution in [-0.4, -0.2) is 61.2 Å². The molecule has 9 nitrogen and oxygen atoms in total. The molecular formula is C21H21N7O2. The van der Waals surface area contributed by atoms with Crippen LogP contribution in [0.5, 0.6) is 0 Å². The molecule has 1 saturated heterocycles. The number of aliphatic hydroxyl groups excluding tert-OH is 1. The summed E-state index contributed by atoms with van der Waals surface area (Å²) in [4.78, 5) is 19.1. The molecule has 1 aliphatic rings. The van der Waals surface area contributed by atoms with E-state index in [9.17, 15) is 9.90 Å². The van der Waals surface area contributed by atoms with Gasteiger partial charge in [-0.05, 0) is 42.8 Å². The molecule has 1 fully saturated rings. The van der Waals surface area contributed by atoms with Gasteiger partial charge in [0.25, 0.3) is 5.91 Å². The SMILES string of the molecule is O=C(N[C@H]1C[C@@H](O)CN(c2ccnc3[nH]ncc23)C1)c1ccc(-n2cccn2)cc1. The van der Waals surface area contributed by atoms with Crippen LogP contribution in [-0.2, 0) is 0 Å². The number of nitrogens with one attached hydrogen (secondary N) is 2. The molecule has 5 rings (SSSR count). The lowest BCUT2D eigenvalue weighted by Gasteiger charge is -2.37. The van der Waals surface area contributed by atoms with Gasteiger partial charge in [-0.15, -0.1) is 0 Å². The quantitative estimate of drug-likeness (QED) is 0.476. The van der Waals surface area contributed by atoms with E-state index in [1.54, 1.807) is 35.4 Å². The van der Waals surface area contributed by atoms with Crippen LogP contribution in [0.15, 0.2) is 61.2 Å². The first kappa shape index (κ1) is 18.3. The van der Waals surface area contributed by atoms with Crippen molar-refractivity contribution >= 4 is 22.6 Å². The fourth-order valence-electron chi connectivity index (χ4n) is 3.94. The van der Waals surface area contributed by atoms with Crippen molar-refractivity contribution in [3.8, 4) is 5.69 Å². The fraction of sp³-hybridized carbons (Fsp3) is 0.238. The van der Waals surface area contributed by atoms with Gasteiger partial charge in [-0.1, -0.05) is 0 Å². The summed E-state index contributed by atoms with van der Waals surface area (Å²) in [6, 6.07) is 10.8. The molecule has 1 amide bonds. The standard InChI is InChI=1S/C21H21N7O2/c29-17-10-15(12-27(13-17)19-6-8-22-20-18(19)11-23-26-20)25-21(30)14-2-4-16(5-3-14)28-9-1-7-24-28/h1-9,11,15,17,29H,10,12-13H2,(H,25,30)(H,22,23,26)/t15-,17+/m0/s1. The van der Waals surface area contributed by atoms with Crippen LogP contribution in [0.25, 0.3) is 16.7 Å². The molecule has 0 unspecified atom stereocenters. The first-order chi connectivity index (χ1) is 14.7. The molecular weight excluding hydrogens is 382 g/mol. The van der Waals surface area contributed by atoms with Gasteiger partial charge in [-0.25, -0.2) is 9.67 Å². The molecule has 1 aromatic carbocycles. The minimum atomic E-state index is -0.540. The molecule has 4 heterocycles. The number of H-pyrrole nitrogens is 1. The number of hydrogen-bond acceptors (Lipinski definition) is 6. The Kier molecular flexibility index (Phi) is 4.64. The normalized spacial score (nSPS) is 19.2. The summed E-state index contributed by atoms with van der Waals surface area (Å²) < 4.78 is 1.74. The number of pyridine rings is 1.